The van der Waals surface area contributed by atoms with Gasteiger partial charge in [-0.3, -0.25) is 4.79 Å². The second kappa shape index (κ2) is 6.28. The molecule has 1 aromatic rings. The molecule has 3 heteroatoms. The van der Waals surface area contributed by atoms with E-state index in [0.717, 1.165) is 12.8 Å². The molecule has 0 aromatic heterocycles. The van der Waals surface area contributed by atoms with Gasteiger partial charge >= 0.3 is 0 Å². The zero-order valence-electron chi connectivity index (χ0n) is 9.99. The van der Waals surface area contributed by atoms with Crippen LogP contribution in [0.5, 0.6) is 0 Å². The smallest absolute Gasteiger partial charge is 0.251 e. The second-order valence-corrected chi connectivity index (χ2v) is 4.07. The van der Waals surface area contributed by atoms with Crippen LogP contribution in [0.25, 0.3) is 0 Å². The number of aryl methyl sites for hydroxylation is 1. The summed E-state index contributed by atoms with van der Waals surface area (Å²) in [6.45, 7) is 4.66. The monoisotopic (exact) mass is 220 g/mol. The van der Waals surface area contributed by atoms with Crippen molar-refractivity contribution in [3.8, 4) is 0 Å². The molecule has 1 amide bonds. The molecule has 0 bridgehead atoms. The molecule has 0 radical (unpaired) electrons. The highest BCUT2D eigenvalue weighted by Crippen LogP contribution is 2.04. The van der Waals surface area contributed by atoms with Crippen LogP contribution in [-0.4, -0.2) is 18.5 Å². The molecule has 3 N–H and O–H groups in total. The lowest BCUT2D eigenvalue weighted by Gasteiger charge is -2.07. The van der Waals surface area contributed by atoms with Crippen LogP contribution in [0, 0.1) is 0 Å². The zero-order valence-corrected chi connectivity index (χ0v) is 9.99. The van der Waals surface area contributed by atoms with E-state index in [1.54, 1.807) is 0 Å². The Labute approximate surface area is 97.0 Å². The first-order valence-electron chi connectivity index (χ1n) is 5.76. The van der Waals surface area contributed by atoms with Crippen molar-refractivity contribution in [3.63, 3.8) is 0 Å². The van der Waals surface area contributed by atoms with E-state index < -0.39 is 0 Å². The molecule has 0 fully saturated rings. The summed E-state index contributed by atoms with van der Waals surface area (Å²) in [5.74, 6) is -0.0247. The summed E-state index contributed by atoms with van der Waals surface area (Å²) in [6, 6.07) is 7.82. The van der Waals surface area contributed by atoms with Crippen molar-refractivity contribution in [2.24, 2.45) is 5.73 Å². The topological polar surface area (TPSA) is 55.1 Å². The second-order valence-electron chi connectivity index (χ2n) is 4.07. The molecule has 0 aliphatic carbocycles. The Bertz CT molecular complexity index is 330. The molecule has 0 spiro atoms. The van der Waals surface area contributed by atoms with Crippen LogP contribution >= 0.6 is 0 Å². The number of hydrogen-bond acceptors (Lipinski definition) is 2. The number of nitrogens with one attached hydrogen (secondary N) is 1. The summed E-state index contributed by atoms with van der Waals surface area (Å²) in [6.07, 6.45) is 1.80. The van der Waals surface area contributed by atoms with E-state index in [2.05, 4.69) is 12.2 Å². The van der Waals surface area contributed by atoms with Gasteiger partial charge in [-0.2, -0.15) is 0 Å². The third kappa shape index (κ3) is 4.03. The predicted molar refractivity (Wildman–Crippen MR) is 66.4 cm³/mol. The number of hydrogen-bond donors (Lipinski definition) is 2. The lowest BCUT2D eigenvalue weighted by atomic mass is 10.1. The van der Waals surface area contributed by atoms with E-state index in [9.17, 15) is 4.79 Å². The van der Waals surface area contributed by atoms with Crippen molar-refractivity contribution in [2.75, 3.05) is 6.54 Å². The highest BCUT2D eigenvalue weighted by atomic mass is 16.1. The first-order valence-corrected chi connectivity index (χ1v) is 5.76. The highest BCUT2D eigenvalue weighted by Gasteiger charge is 2.04. The van der Waals surface area contributed by atoms with Gasteiger partial charge in [0.25, 0.3) is 5.91 Å². The molecule has 1 atom stereocenters. The fourth-order valence-corrected chi connectivity index (χ4v) is 1.41. The van der Waals surface area contributed by atoms with Gasteiger partial charge < -0.3 is 11.1 Å². The van der Waals surface area contributed by atoms with E-state index in [1.165, 1.54) is 5.56 Å². The van der Waals surface area contributed by atoms with E-state index in [4.69, 9.17) is 5.73 Å². The number of nitrogens with two attached hydrogens (primary N) is 1. The van der Waals surface area contributed by atoms with E-state index >= 15 is 0 Å². The van der Waals surface area contributed by atoms with Gasteiger partial charge in [0.1, 0.15) is 0 Å². The van der Waals surface area contributed by atoms with Gasteiger partial charge in [0.05, 0.1) is 0 Å². The number of benzene rings is 1. The Morgan fingerprint density at radius 3 is 2.50 bits per heavy atom. The van der Waals surface area contributed by atoms with Crippen LogP contribution in [0.3, 0.4) is 0 Å². The molecule has 0 saturated heterocycles. The Morgan fingerprint density at radius 1 is 1.38 bits per heavy atom. The molecule has 0 aliphatic rings. The van der Waals surface area contributed by atoms with Gasteiger partial charge in [-0.1, -0.05) is 19.1 Å². The van der Waals surface area contributed by atoms with Crippen molar-refractivity contribution in [1.82, 2.24) is 5.32 Å². The van der Waals surface area contributed by atoms with Gasteiger partial charge in [0, 0.05) is 18.2 Å². The molecule has 1 aromatic carbocycles. The Morgan fingerprint density at radius 2 is 2.00 bits per heavy atom. The quantitative estimate of drug-likeness (QED) is 0.793. The van der Waals surface area contributed by atoms with Crippen LogP contribution in [-0.2, 0) is 6.42 Å². The minimum absolute atomic E-state index is 0.0247. The van der Waals surface area contributed by atoms with Crippen LogP contribution in [0.15, 0.2) is 24.3 Å². The van der Waals surface area contributed by atoms with E-state index in [1.807, 2.05) is 31.2 Å². The summed E-state index contributed by atoms with van der Waals surface area (Å²) in [5.41, 5.74) is 7.56. The molecule has 16 heavy (non-hydrogen) atoms. The normalized spacial score (nSPS) is 12.2. The van der Waals surface area contributed by atoms with E-state index in [-0.39, 0.29) is 11.9 Å². The van der Waals surface area contributed by atoms with Crippen molar-refractivity contribution in [1.29, 1.82) is 0 Å². The maximum Gasteiger partial charge on any atom is 0.251 e. The highest BCUT2D eigenvalue weighted by molar-refractivity contribution is 5.94. The molecule has 0 saturated carbocycles. The van der Waals surface area contributed by atoms with Gasteiger partial charge in [-0.25, -0.2) is 0 Å². The zero-order chi connectivity index (χ0) is 12.0. The van der Waals surface area contributed by atoms with Gasteiger partial charge in [0.15, 0.2) is 0 Å². The molecule has 3 nitrogen and oxygen atoms in total. The van der Waals surface area contributed by atoms with Crippen molar-refractivity contribution < 1.29 is 4.79 Å². The molecule has 88 valence electrons. The fraction of sp³-hybridized carbons (Fsp3) is 0.462. The number of amides is 1. The van der Waals surface area contributed by atoms with Crippen molar-refractivity contribution >= 4 is 5.91 Å². The summed E-state index contributed by atoms with van der Waals surface area (Å²) in [7, 11) is 0. The standard InChI is InChI=1S/C13H20N2O/c1-3-11-4-6-12(7-5-11)13(16)15-9-8-10(2)14/h4-7,10H,3,8-9,14H2,1-2H3,(H,15,16). The molecule has 1 unspecified atom stereocenters. The van der Waals surface area contributed by atoms with Gasteiger partial charge in [-0.05, 0) is 37.5 Å². The fourth-order valence-electron chi connectivity index (χ4n) is 1.41. The third-order valence-corrected chi connectivity index (χ3v) is 2.51. The maximum atomic E-state index is 11.7. The van der Waals surface area contributed by atoms with Crippen molar-refractivity contribution in [3.05, 3.63) is 35.4 Å². The Balaban J connectivity index is 2.46. The summed E-state index contributed by atoms with van der Waals surface area (Å²) in [5, 5.41) is 2.85. The van der Waals surface area contributed by atoms with Crippen LogP contribution in [0.1, 0.15) is 36.2 Å². The average molecular weight is 220 g/mol. The first kappa shape index (κ1) is 12.7. The van der Waals surface area contributed by atoms with Crippen LogP contribution in [0.2, 0.25) is 0 Å². The van der Waals surface area contributed by atoms with Gasteiger partial charge in [0.2, 0.25) is 0 Å². The first-order chi connectivity index (χ1) is 7.63. The summed E-state index contributed by atoms with van der Waals surface area (Å²) in [4.78, 5) is 11.7. The number of carbonyl (C=O) groups excluding carboxylic acids is 1. The Kier molecular flexibility index (Phi) is 4.99. The van der Waals surface area contributed by atoms with Crippen LogP contribution < -0.4 is 11.1 Å². The maximum absolute atomic E-state index is 11.7. The lowest BCUT2D eigenvalue weighted by Crippen LogP contribution is -2.28. The third-order valence-electron chi connectivity index (χ3n) is 2.51. The molecular weight excluding hydrogens is 200 g/mol. The number of rotatable bonds is 5. The summed E-state index contributed by atoms with van der Waals surface area (Å²) >= 11 is 0. The molecular formula is C13H20N2O. The lowest BCUT2D eigenvalue weighted by molar-refractivity contribution is 0.0953. The minimum Gasteiger partial charge on any atom is -0.352 e. The molecule has 0 heterocycles. The summed E-state index contributed by atoms with van der Waals surface area (Å²) < 4.78 is 0. The molecule has 1 rings (SSSR count). The SMILES string of the molecule is CCc1ccc(C(=O)NCCC(C)N)cc1. The molecule has 0 aliphatic heterocycles. The van der Waals surface area contributed by atoms with Crippen molar-refractivity contribution in [2.45, 2.75) is 32.7 Å². The predicted octanol–water partition coefficient (Wildman–Crippen LogP) is 1.72. The van der Waals surface area contributed by atoms with Gasteiger partial charge in [-0.15, -0.1) is 0 Å². The minimum atomic E-state index is -0.0247. The number of carbonyl (C=O) groups is 1. The van der Waals surface area contributed by atoms with E-state index in [0.29, 0.717) is 12.1 Å². The largest absolute Gasteiger partial charge is 0.352 e. The average Bonchev–Trinajstić information content (AvgIpc) is 2.28. The van der Waals surface area contributed by atoms with Crippen LogP contribution in [0.4, 0.5) is 0 Å². The Hall–Kier alpha value is -1.35.